The molecule has 0 amide bonds. The molecular formula is C13H15N3O4. The van der Waals surface area contributed by atoms with Gasteiger partial charge in [-0.1, -0.05) is 13.0 Å². The highest BCUT2D eigenvalue weighted by molar-refractivity contribution is 5.74. The Morgan fingerprint density at radius 3 is 2.75 bits per heavy atom. The van der Waals surface area contributed by atoms with E-state index in [0.717, 1.165) is 0 Å². The van der Waals surface area contributed by atoms with E-state index >= 15 is 0 Å². The number of nitrogens with zero attached hydrogens (tertiary/aromatic N) is 3. The van der Waals surface area contributed by atoms with E-state index in [1.165, 1.54) is 13.2 Å². The number of rotatable bonds is 5. The summed E-state index contributed by atoms with van der Waals surface area (Å²) in [6, 6.07) is 6.30. The van der Waals surface area contributed by atoms with Crippen LogP contribution in [0.3, 0.4) is 0 Å². The standard InChI is InChI=1S/C13H15N3O4/c1-9(13(17)20-3)8-15(2)11-6-4-5-10(7-14)12(11)16(18)19/h4-6,9H,8H2,1-3H3. The lowest BCUT2D eigenvalue weighted by molar-refractivity contribution is -0.384. The number of ether oxygens (including phenoxy) is 1. The zero-order valence-corrected chi connectivity index (χ0v) is 11.5. The van der Waals surface area contributed by atoms with Gasteiger partial charge in [-0.25, -0.2) is 0 Å². The Morgan fingerprint density at radius 2 is 2.25 bits per heavy atom. The van der Waals surface area contributed by atoms with Gasteiger partial charge in [0.1, 0.15) is 17.3 Å². The lowest BCUT2D eigenvalue weighted by atomic mass is 10.1. The van der Waals surface area contributed by atoms with Crippen LogP contribution in [0.25, 0.3) is 0 Å². The SMILES string of the molecule is COC(=O)C(C)CN(C)c1cccc(C#N)c1[N+](=O)[O-]. The van der Waals surface area contributed by atoms with Gasteiger partial charge < -0.3 is 9.64 Å². The normalized spacial score (nSPS) is 11.3. The van der Waals surface area contributed by atoms with E-state index in [9.17, 15) is 14.9 Å². The van der Waals surface area contributed by atoms with Crippen LogP contribution in [0.1, 0.15) is 12.5 Å². The summed E-state index contributed by atoms with van der Waals surface area (Å²) < 4.78 is 4.62. The van der Waals surface area contributed by atoms with Gasteiger partial charge in [0.05, 0.1) is 18.0 Å². The van der Waals surface area contributed by atoms with Crippen LogP contribution >= 0.6 is 0 Å². The first-order valence-electron chi connectivity index (χ1n) is 5.88. The third-order valence-electron chi connectivity index (χ3n) is 2.88. The van der Waals surface area contributed by atoms with E-state index in [1.54, 1.807) is 37.1 Å². The van der Waals surface area contributed by atoms with Crippen molar-refractivity contribution in [3.05, 3.63) is 33.9 Å². The molecule has 0 heterocycles. The summed E-state index contributed by atoms with van der Waals surface area (Å²) in [5.74, 6) is -0.828. The highest BCUT2D eigenvalue weighted by atomic mass is 16.6. The fraction of sp³-hybridized carbons (Fsp3) is 0.385. The number of nitro groups is 1. The molecule has 0 aromatic heterocycles. The lowest BCUT2D eigenvalue weighted by Crippen LogP contribution is -2.29. The van der Waals surface area contributed by atoms with Crippen LogP contribution in [0.2, 0.25) is 0 Å². The molecule has 1 rings (SSSR count). The van der Waals surface area contributed by atoms with E-state index in [4.69, 9.17) is 5.26 Å². The molecule has 0 aliphatic rings. The molecule has 1 aromatic rings. The van der Waals surface area contributed by atoms with Crippen molar-refractivity contribution in [2.45, 2.75) is 6.92 Å². The van der Waals surface area contributed by atoms with Crippen molar-refractivity contribution in [2.75, 3.05) is 25.6 Å². The van der Waals surface area contributed by atoms with Crippen molar-refractivity contribution >= 4 is 17.3 Å². The van der Waals surface area contributed by atoms with Gasteiger partial charge in [-0.2, -0.15) is 5.26 Å². The van der Waals surface area contributed by atoms with E-state index < -0.39 is 16.8 Å². The lowest BCUT2D eigenvalue weighted by Gasteiger charge is -2.22. The molecule has 0 N–H and O–H groups in total. The van der Waals surface area contributed by atoms with Crippen LogP contribution in [0, 0.1) is 27.4 Å². The average molecular weight is 277 g/mol. The summed E-state index contributed by atoms with van der Waals surface area (Å²) in [5, 5.41) is 20.1. The number of anilines is 1. The molecule has 0 spiro atoms. The molecule has 106 valence electrons. The van der Waals surface area contributed by atoms with Crippen LogP contribution < -0.4 is 4.90 Å². The Balaban J connectivity index is 3.11. The van der Waals surface area contributed by atoms with E-state index in [1.807, 2.05) is 0 Å². The van der Waals surface area contributed by atoms with E-state index in [2.05, 4.69) is 4.74 Å². The molecule has 0 bridgehead atoms. The molecule has 7 heteroatoms. The number of esters is 1. The van der Waals surface area contributed by atoms with Crippen LogP contribution in [-0.2, 0) is 9.53 Å². The third kappa shape index (κ3) is 3.23. The minimum Gasteiger partial charge on any atom is -0.469 e. The number of methoxy groups -OCH3 is 1. The number of nitriles is 1. The Bertz CT molecular complexity index is 565. The van der Waals surface area contributed by atoms with Crippen molar-refractivity contribution in [3.63, 3.8) is 0 Å². The van der Waals surface area contributed by atoms with Crippen molar-refractivity contribution in [3.8, 4) is 6.07 Å². The number of hydrogen-bond acceptors (Lipinski definition) is 6. The van der Waals surface area contributed by atoms with Crippen LogP contribution in [-0.4, -0.2) is 31.6 Å². The largest absolute Gasteiger partial charge is 0.469 e. The summed E-state index contributed by atoms with van der Waals surface area (Å²) in [6.07, 6.45) is 0. The molecule has 1 aromatic carbocycles. The van der Waals surface area contributed by atoms with Crippen molar-refractivity contribution in [1.29, 1.82) is 5.26 Å². The molecule has 0 fully saturated rings. The van der Waals surface area contributed by atoms with Gasteiger partial charge in [-0.05, 0) is 12.1 Å². The van der Waals surface area contributed by atoms with Gasteiger partial charge in [0.15, 0.2) is 0 Å². The smallest absolute Gasteiger partial charge is 0.310 e. The molecular weight excluding hydrogens is 262 g/mol. The van der Waals surface area contributed by atoms with Gasteiger partial charge >= 0.3 is 11.7 Å². The van der Waals surface area contributed by atoms with Crippen molar-refractivity contribution < 1.29 is 14.5 Å². The average Bonchev–Trinajstić information content (AvgIpc) is 2.44. The maximum absolute atomic E-state index is 11.4. The Kier molecular flexibility index (Phi) is 5.03. The van der Waals surface area contributed by atoms with Crippen LogP contribution in [0.5, 0.6) is 0 Å². The molecule has 1 unspecified atom stereocenters. The predicted molar refractivity (Wildman–Crippen MR) is 72.3 cm³/mol. The maximum atomic E-state index is 11.4. The maximum Gasteiger partial charge on any atom is 0.310 e. The minimum atomic E-state index is -0.590. The van der Waals surface area contributed by atoms with Crippen LogP contribution in [0.4, 0.5) is 11.4 Å². The number of carbonyl (C=O) groups excluding carboxylic acids is 1. The second kappa shape index (κ2) is 6.52. The summed E-state index contributed by atoms with van der Waals surface area (Å²) in [4.78, 5) is 23.5. The fourth-order valence-corrected chi connectivity index (χ4v) is 1.91. The molecule has 1 atom stereocenters. The quantitative estimate of drug-likeness (QED) is 0.462. The first-order chi connectivity index (χ1) is 9.42. The number of nitro benzene ring substituents is 1. The Morgan fingerprint density at radius 1 is 1.60 bits per heavy atom. The van der Waals surface area contributed by atoms with Crippen molar-refractivity contribution in [2.24, 2.45) is 5.92 Å². The molecule has 7 nitrogen and oxygen atoms in total. The molecule has 20 heavy (non-hydrogen) atoms. The molecule has 0 aliphatic heterocycles. The molecule has 0 aliphatic carbocycles. The summed E-state index contributed by atoms with van der Waals surface area (Å²) >= 11 is 0. The van der Waals surface area contributed by atoms with Gasteiger partial charge in [0, 0.05) is 13.6 Å². The summed E-state index contributed by atoms with van der Waals surface area (Å²) in [5.41, 5.74) is 0.0319. The fourth-order valence-electron chi connectivity index (χ4n) is 1.91. The van der Waals surface area contributed by atoms with Crippen molar-refractivity contribution in [1.82, 2.24) is 0 Å². The highest BCUT2D eigenvalue weighted by Crippen LogP contribution is 2.31. The van der Waals surface area contributed by atoms with E-state index in [0.29, 0.717) is 5.69 Å². The molecule has 0 radical (unpaired) electrons. The minimum absolute atomic E-state index is 0.00919. The van der Waals surface area contributed by atoms with Gasteiger partial charge in [-0.3, -0.25) is 14.9 Å². The first kappa shape index (κ1) is 15.4. The Labute approximate surface area is 116 Å². The zero-order valence-electron chi connectivity index (χ0n) is 11.5. The van der Waals surface area contributed by atoms with E-state index in [-0.39, 0.29) is 17.8 Å². The zero-order chi connectivity index (χ0) is 15.3. The number of benzene rings is 1. The molecule has 0 saturated heterocycles. The summed E-state index contributed by atoms with van der Waals surface area (Å²) in [6.45, 7) is 1.92. The van der Waals surface area contributed by atoms with Gasteiger partial charge in [0.25, 0.3) is 0 Å². The number of hydrogen-bond donors (Lipinski definition) is 0. The van der Waals surface area contributed by atoms with Gasteiger partial charge in [0.2, 0.25) is 0 Å². The predicted octanol–water partition coefficient (Wildman–Crippen LogP) is 1.71. The molecule has 0 saturated carbocycles. The topological polar surface area (TPSA) is 96.5 Å². The first-order valence-corrected chi connectivity index (χ1v) is 5.88. The Hall–Kier alpha value is -2.62. The third-order valence-corrected chi connectivity index (χ3v) is 2.88. The van der Waals surface area contributed by atoms with Crippen LogP contribution in [0.15, 0.2) is 18.2 Å². The highest BCUT2D eigenvalue weighted by Gasteiger charge is 2.24. The number of carbonyl (C=O) groups is 1. The number of para-hydroxylation sites is 1. The monoisotopic (exact) mass is 277 g/mol. The summed E-state index contributed by atoms with van der Waals surface area (Å²) in [7, 11) is 2.92. The van der Waals surface area contributed by atoms with Gasteiger partial charge in [-0.15, -0.1) is 0 Å². The second-order valence-corrected chi connectivity index (χ2v) is 4.35. The second-order valence-electron chi connectivity index (χ2n) is 4.35.